The second kappa shape index (κ2) is 7.47. The minimum absolute atomic E-state index is 0. The molecule has 1 N–H and O–H groups in total. The van der Waals surface area contributed by atoms with Crippen molar-refractivity contribution in [3.63, 3.8) is 0 Å². The van der Waals surface area contributed by atoms with Gasteiger partial charge >= 0.3 is 0 Å². The second-order valence-electron chi connectivity index (χ2n) is 3.14. The lowest BCUT2D eigenvalue weighted by atomic mass is 10.2. The average molecular weight is 288 g/mol. The van der Waals surface area contributed by atoms with E-state index in [0.717, 1.165) is 5.69 Å². The highest BCUT2D eigenvalue weighted by molar-refractivity contribution is 5.85. The van der Waals surface area contributed by atoms with Crippen LogP contribution >= 0.6 is 24.8 Å². The molecule has 0 aliphatic heterocycles. The Morgan fingerprint density at radius 3 is 2.28 bits per heavy atom. The molecule has 0 bridgehead atoms. The van der Waals surface area contributed by atoms with Crippen LogP contribution in [0.2, 0.25) is 0 Å². The molecule has 0 saturated heterocycles. The number of hydrogen-bond donors (Lipinski definition) is 1. The Morgan fingerprint density at radius 2 is 1.67 bits per heavy atom. The smallest absolute Gasteiger partial charge is 0.292 e. The van der Waals surface area contributed by atoms with Gasteiger partial charge in [0, 0.05) is 24.1 Å². The molecule has 0 radical (unpaired) electrons. The third-order valence-corrected chi connectivity index (χ3v) is 2.06. The highest BCUT2D eigenvalue weighted by atomic mass is 35.5. The standard InChI is InChI=1S/C11H9N3O2.2ClH/c15-14(16)11-4-2-1-3-10(11)13-9-5-7-12-8-6-9;;/h1-8H,(H,12,13);2*1H. The topological polar surface area (TPSA) is 68.1 Å². The molecule has 7 heteroatoms. The molecule has 0 spiro atoms. The van der Waals surface area contributed by atoms with E-state index in [1.807, 2.05) is 0 Å². The van der Waals surface area contributed by atoms with Crippen LogP contribution in [-0.4, -0.2) is 9.91 Å². The summed E-state index contributed by atoms with van der Waals surface area (Å²) in [6, 6.07) is 10.0. The van der Waals surface area contributed by atoms with Crippen LogP contribution in [0.3, 0.4) is 0 Å². The maximum atomic E-state index is 10.8. The number of nitro benzene ring substituents is 1. The van der Waals surface area contributed by atoms with E-state index >= 15 is 0 Å². The van der Waals surface area contributed by atoms with E-state index in [-0.39, 0.29) is 30.5 Å². The van der Waals surface area contributed by atoms with Gasteiger partial charge < -0.3 is 5.32 Å². The summed E-state index contributed by atoms with van der Waals surface area (Å²) in [5, 5.41) is 13.7. The maximum absolute atomic E-state index is 10.8. The van der Waals surface area contributed by atoms with E-state index in [1.54, 1.807) is 42.7 Å². The van der Waals surface area contributed by atoms with Gasteiger partial charge in [-0.05, 0) is 18.2 Å². The average Bonchev–Trinajstić information content (AvgIpc) is 2.31. The van der Waals surface area contributed by atoms with Gasteiger partial charge in [0.25, 0.3) is 5.69 Å². The number of aromatic nitrogens is 1. The minimum Gasteiger partial charge on any atom is -0.350 e. The molecule has 2 rings (SSSR count). The summed E-state index contributed by atoms with van der Waals surface area (Å²) < 4.78 is 0. The Morgan fingerprint density at radius 1 is 1.06 bits per heavy atom. The SMILES string of the molecule is Cl.Cl.O=[N+]([O-])c1ccccc1Nc1ccncc1. The summed E-state index contributed by atoms with van der Waals surface area (Å²) >= 11 is 0. The maximum Gasteiger partial charge on any atom is 0.292 e. The number of nitro groups is 1. The molecule has 0 atom stereocenters. The van der Waals surface area contributed by atoms with Gasteiger partial charge in [0.1, 0.15) is 5.69 Å². The summed E-state index contributed by atoms with van der Waals surface area (Å²) in [6.45, 7) is 0. The Labute approximate surface area is 116 Å². The normalized spacial score (nSPS) is 8.67. The molecule has 2 aromatic rings. The molecule has 96 valence electrons. The Bertz CT molecular complexity index is 509. The van der Waals surface area contributed by atoms with Crippen LogP contribution in [0.4, 0.5) is 17.1 Å². The summed E-state index contributed by atoms with van der Waals surface area (Å²) in [6.07, 6.45) is 3.24. The van der Waals surface area contributed by atoms with Gasteiger partial charge in [-0.3, -0.25) is 15.1 Å². The lowest BCUT2D eigenvalue weighted by Gasteiger charge is -2.05. The molecule has 0 fully saturated rings. The molecule has 1 aromatic carbocycles. The number of hydrogen-bond acceptors (Lipinski definition) is 4. The van der Waals surface area contributed by atoms with Crippen molar-refractivity contribution in [1.29, 1.82) is 0 Å². The quantitative estimate of drug-likeness (QED) is 0.692. The molecule has 5 nitrogen and oxygen atoms in total. The molecule has 0 amide bonds. The lowest BCUT2D eigenvalue weighted by molar-refractivity contribution is -0.383. The van der Waals surface area contributed by atoms with Gasteiger partial charge in [-0.15, -0.1) is 24.8 Å². The van der Waals surface area contributed by atoms with Crippen molar-refractivity contribution >= 4 is 41.9 Å². The third-order valence-electron chi connectivity index (χ3n) is 2.06. The predicted molar refractivity (Wildman–Crippen MR) is 75.1 cm³/mol. The largest absolute Gasteiger partial charge is 0.350 e. The minimum atomic E-state index is -0.413. The van der Waals surface area contributed by atoms with Crippen molar-refractivity contribution in [3.8, 4) is 0 Å². The Kier molecular flexibility index (Phi) is 6.70. The molecule has 18 heavy (non-hydrogen) atoms. The van der Waals surface area contributed by atoms with E-state index in [1.165, 1.54) is 6.07 Å². The van der Waals surface area contributed by atoms with Crippen LogP contribution < -0.4 is 5.32 Å². The monoisotopic (exact) mass is 287 g/mol. The van der Waals surface area contributed by atoms with Gasteiger partial charge in [-0.2, -0.15) is 0 Å². The number of pyridine rings is 1. The lowest BCUT2D eigenvalue weighted by Crippen LogP contribution is -1.96. The number of halogens is 2. The third kappa shape index (κ3) is 3.87. The first-order chi connectivity index (χ1) is 7.77. The number of nitrogens with zero attached hydrogens (tertiary/aromatic N) is 2. The molecule has 1 heterocycles. The summed E-state index contributed by atoms with van der Waals surface area (Å²) in [4.78, 5) is 14.2. The second-order valence-corrected chi connectivity index (χ2v) is 3.14. The van der Waals surface area contributed by atoms with Crippen molar-refractivity contribution in [2.45, 2.75) is 0 Å². The zero-order valence-electron chi connectivity index (χ0n) is 9.15. The zero-order valence-corrected chi connectivity index (χ0v) is 10.8. The fraction of sp³-hybridized carbons (Fsp3) is 0. The first-order valence-electron chi connectivity index (χ1n) is 4.68. The summed E-state index contributed by atoms with van der Waals surface area (Å²) in [7, 11) is 0. The molecule has 0 aliphatic carbocycles. The van der Waals surface area contributed by atoms with E-state index in [2.05, 4.69) is 10.3 Å². The Balaban J connectivity index is 0.00000144. The van der Waals surface area contributed by atoms with Gasteiger partial charge in [0.15, 0.2) is 0 Å². The number of rotatable bonds is 3. The number of anilines is 2. The predicted octanol–water partition coefficient (Wildman–Crippen LogP) is 3.58. The van der Waals surface area contributed by atoms with E-state index < -0.39 is 4.92 Å². The summed E-state index contributed by atoms with van der Waals surface area (Å²) in [5.74, 6) is 0. The fourth-order valence-corrected chi connectivity index (χ4v) is 1.33. The van der Waals surface area contributed by atoms with Crippen LogP contribution in [0.15, 0.2) is 48.8 Å². The first kappa shape index (κ1) is 16.1. The molecular formula is C11H11Cl2N3O2. The van der Waals surface area contributed by atoms with E-state index in [4.69, 9.17) is 0 Å². The van der Waals surface area contributed by atoms with Crippen LogP contribution in [-0.2, 0) is 0 Å². The van der Waals surface area contributed by atoms with Gasteiger partial charge in [0.2, 0.25) is 0 Å². The number of para-hydroxylation sites is 2. The summed E-state index contributed by atoms with van der Waals surface area (Å²) in [5.41, 5.74) is 1.29. The molecule has 1 aromatic heterocycles. The highest BCUT2D eigenvalue weighted by Crippen LogP contribution is 2.26. The number of benzene rings is 1. The van der Waals surface area contributed by atoms with Gasteiger partial charge in [0.05, 0.1) is 4.92 Å². The van der Waals surface area contributed by atoms with Gasteiger partial charge in [-0.25, -0.2) is 0 Å². The Hall–Kier alpha value is -1.85. The molecular weight excluding hydrogens is 277 g/mol. The van der Waals surface area contributed by atoms with Gasteiger partial charge in [-0.1, -0.05) is 12.1 Å². The number of nitrogens with one attached hydrogen (secondary N) is 1. The van der Waals surface area contributed by atoms with Crippen LogP contribution in [0.5, 0.6) is 0 Å². The van der Waals surface area contributed by atoms with E-state index in [9.17, 15) is 10.1 Å². The van der Waals surface area contributed by atoms with Crippen molar-refractivity contribution in [3.05, 3.63) is 58.9 Å². The zero-order chi connectivity index (χ0) is 11.4. The van der Waals surface area contributed by atoms with Crippen molar-refractivity contribution in [1.82, 2.24) is 4.98 Å². The molecule has 0 aliphatic rings. The fourth-order valence-electron chi connectivity index (χ4n) is 1.33. The molecule has 0 saturated carbocycles. The first-order valence-corrected chi connectivity index (χ1v) is 4.68. The van der Waals surface area contributed by atoms with Crippen molar-refractivity contribution in [2.24, 2.45) is 0 Å². The van der Waals surface area contributed by atoms with E-state index in [0.29, 0.717) is 5.69 Å². The van der Waals surface area contributed by atoms with Crippen LogP contribution in [0, 0.1) is 10.1 Å². The van der Waals surface area contributed by atoms with Crippen molar-refractivity contribution < 1.29 is 4.92 Å². The van der Waals surface area contributed by atoms with Crippen molar-refractivity contribution in [2.75, 3.05) is 5.32 Å². The van der Waals surface area contributed by atoms with Crippen LogP contribution in [0.1, 0.15) is 0 Å². The van der Waals surface area contributed by atoms with Crippen LogP contribution in [0.25, 0.3) is 0 Å². The molecule has 0 unspecified atom stereocenters. The highest BCUT2D eigenvalue weighted by Gasteiger charge is 2.11.